The first-order valence-electron chi connectivity index (χ1n) is 6.68. The van der Waals surface area contributed by atoms with Crippen molar-refractivity contribution in [3.63, 3.8) is 0 Å². The molecule has 1 saturated carbocycles. The third kappa shape index (κ3) is 2.97. The molecule has 0 amide bonds. The van der Waals surface area contributed by atoms with Gasteiger partial charge in [-0.1, -0.05) is 12.1 Å². The molecule has 1 aromatic carbocycles. The molecule has 0 aliphatic heterocycles. The molecule has 6 heteroatoms. The molecule has 0 bridgehead atoms. The largest absolute Gasteiger partial charge is 0.497 e. The molecule has 0 radical (unpaired) electrons. The fourth-order valence-electron chi connectivity index (χ4n) is 2.87. The molecule has 1 aromatic rings. The van der Waals surface area contributed by atoms with E-state index >= 15 is 0 Å². The van der Waals surface area contributed by atoms with Crippen molar-refractivity contribution in [2.75, 3.05) is 14.2 Å². The van der Waals surface area contributed by atoms with Crippen molar-refractivity contribution in [2.24, 2.45) is 5.92 Å². The average molecular weight is 278 g/mol. The van der Waals surface area contributed by atoms with Gasteiger partial charge in [-0.2, -0.15) is 0 Å². The minimum atomic E-state index is -1.57. The van der Waals surface area contributed by atoms with Gasteiger partial charge in [0.25, 0.3) is 0 Å². The second kappa shape index (κ2) is 6.28. The maximum atomic E-state index is 11.5. The molecule has 2 rings (SSSR count). The summed E-state index contributed by atoms with van der Waals surface area (Å²) in [5.41, 5.74) is 1.35. The van der Waals surface area contributed by atoms with Gasteiger partial charge in [0.15, 0.2) is 0 Å². The SMILES string of the molecule is COC(=O)[C@H]1CC[C@H](c2ccc(OC)c(B(O)O)c2)C1. The highest BCUT2D eigenvalue weighted by molar-refractivity contribution is 6.59. The molecule has 2 N–H and O–H groups in total. The zero-order valence-electron chi connectivity index (χ0n) is 11.7. The van der Waals surface area contributed by atoms with Crippen LogP contribution in [0.4, 0.5) is 0 Å². The first-order chi connectivity index (χ1) is 9.56. The van der Waals surface area contributed by atoms with Crippen LogP contribution < -0.4 is 10.2 Å². The van der Waals surface area contributed by atoms with E-state index < -0.39 is 7.12 Å². The van der Waals surface area contributed by atoms with Gasteiger partial charge in [0.05, 0.1) is 20.1 Å². The van der Waals surface area contributed by atoms with Crippen LogP contribution in [0, 0.1) is 5.92 Å². The number of hydrogen-bond donors (Lipinski definition) is 2. The van der Waals surface area contributed by atoms with Crippen LogP contribution in [-0.2, 0) is 9.53 Å². The first kappa shape index (κ1) is 14.9. The summed E-state index contributed by atoms with van der Waals surface area (Å²) in [5, 5.41) is 18.8. The zero-order valence-corrected chi connectivity index (χ0v) is 11.7. The molecule has 0 saturated heterocycles. The fraction of sp³-hybridized carbons (Fsp3) is 0.500. The lowest BCUT2D eigenvalue weighted by molar-refractivity contribution is -0.145. The lowest BCUT2D eigenvalue weighted by atomic mass is 9.77. The van der Waals surface area contributed by atoms with Gasteiger partial charge >= 0.3 is 13.1 Å². The van der Waals surface area contributed by atoms with Crippen LogP contribution in [0.25, 0.3) is 0 Å². The highest BCUT2D eigenvalue weighted by Gasteiger charge is 2.32. The van der Waals surface area contributed by atoms with Gasteiger partial charge in [0.1, 0.15) is 5.75 Å². The molecule has 5 nitrogen and oxygen atoms in total. The van der Waals surface area contributed by atoms with Crippen molar-refractivity contribution in [2.45, 2.75) is 25.2 Å². The van der Waals surface area contributed by atoms with Crippen molar-refractivity contribution in [1.82, 2.24) is 0 Å². The highest BCUT2D eigenvalue weighted by atomic mass is 16.5. The zero-order chi connectivity index (χ0) is 14.7. The van der Waals surface area contributed by atoms with Crippen LogP contribution in [0.15, 0.2) is 18.2 Å². The van der Waals surface area contributed by atoms with Crippen molar-refractivity contribution >= 4 is 18.6 Å². The van der Waals surface area contributed by atoms with Gasteiger partial charge in [-0.3, -0.25) is 4.79 Å². The molecule has 20 heavy (non-hydrogen) atoms. The van der Waals surface area contributed by atoms with Crippen molar-refractivity contribution in [3.8, 4) is 5.75 Å². The number of carbonyl (C=O) groups excluding carboxylic acids is 1. The molecular weight excluding hydrogens is 259 g/mol. The molecule has 1 fully saturated rings. The maximum Gasteiger partial charge on any atom is 0.492 e. The minimum Gasteiger partial charge on any atom is -0.497 e. The van der Waals surface area contributed by atoms with Crippen LogP contribution in [0.1, 0.15) is 30.7 Å². The summed E-state index contributed by atoms with van der Waals surface area (Å²) in [6.45, 7) is 0. The topological polar surface area (TPSA) is 76.0 Å². The molecule has 0 unspecified atom stereocenters. The van der Waals surface area contributed by atoms with Crippen LogP contribution >= 0.6 is 0 Å². The number of hydrogen-bond acceptors (Lipinski definition) is 5. The monoisotopic (exact) mass is 278 g/mol. The Balaban J connectivity index is 2.18. The van der Waals surface area contributed by atoms with Gasteiger partial charge < -0.3 is 19.5 Å². The van der Waals surface area contributed by atoms with Crippen LogP contribution in [0.2, 0.25) is 0 Å². The average Bonchev–Trinajstić information content (AvgIpc) is 2.95. The lowest BCUT2D eigenvalue weighted by Gasteiger charge is -2.14. The number of carbonyl (C=O) groups is 1. The molecule has 1 aliphatic rings. The van der Waals surface area contributed by atoms with Crippen LogP contribution in [0.5, 0.6) is 5.75 Å². The summed E-state index contributed by atoms with van der Waals surface area (Å²) in [5.74, 6) is 0.465. The Hall–Kier alpha value is -1.53. The molecule has 0 heterocycles. The van der Waals surface area contributed by atoms with Crippen molar-refractivity contribution in [3.05, 3.63) is 23.8 Å². The van der Waals surface area contributed by atoms with E-state index in [0.717, 1.165) is 24.8 Å². The first-order valence-corrected chi connectivity index (χ1v) is 6.68. The number of rotatable bonds is 4. The predicted octanol–water partition coefficient (Wildman–Crippen LogP) is 0.432. The Labute approximate surface area is 118 Å². The van der Waals surface area contributed by atoms with E-state index in [4.69, 9.17) is 9.47 Å². The molecule has 2 atom stereocenters. The molecule has 1 aliphatic carbocycles. The summed E-state index contributed by atoms with van der Waals surface area (Å²) in [4.78, 5) is 11.5. The normalized spacial score (nSPS) is 21.6. The molecule has 108 valence electrons. The van der Waals surface area contributed by atoms with E-state index in [0.29, 0.717) is 11.2 Å². The minimum absolute atomic E-state index is 0.0606. The van der Waals surface area contributed by atoms with E-state index in [-0.39, 0.29) is 17.8 Å². The van der Waals surface area contributed by atoms with Gasteiger partial charge in [0.2, 0.25) is 0 Å². The third-order valence-electron chi connectivity index (χ3n) is 3.97. The van der Waals surface area contributed by atoms with Crippen LogP contribution in [-0.4, -0.2) is 37.4 Å². The smallest absolute Gasteiger partial charge is 0.492 e. The number of benzene rings is 1. The summed E-state index contributed by atoms with van der Waals surface area (Å²) in [6, 6.07) is 5.39. The quantitative estimate of drug-likeness (QED) is 0.617. The molecular formula is C14H19BO5. The van der Waals surface area contributed by atoms with E-state index in [1.165, 1.54) is 14.2 Å². The maximum absolute atomic E-state index is 11.5. The van der Waals surface area contributed by atoms with Crippen LogP contribution in [0.3, 0.4) is 0 Å². The lowest BCUT2D eigenvalue weighted by Crippen LogP contribution is -2.31. The Morgan fingerprint density at radius 3 is 2.65 bits per heavy atom. The fourth-order valence-corrected chi connectivity index (χ4v) is 2.87. The number of esters is 1. The number of ether oxygens (including phenoxy) is 2. The van der Waals surface area contributed by atoms with Gasteiger partial charge in [-0.05, 0) is 36.8 Å². The molecule has 0 spiro atoms. The van der Waals surface area contributed by atoms with Crippen molar-refractivity contribution < 1.29 is 24.3 Å². The summed E-state index contributed by atoms with van der Waals surface area (Å²) in [7, 11) is 1.33. The summed E-state index contributed by atoms with van der Waals surface area (Å²) in [6.07, 6.45) is 2.44. The Bertz CT molecular complexity index is 488. The Morgan fingerprint density at radius 2 is 2.05 bits per heavy atom. The standard InChI is InChI=1S/C14H19BO5/c1-19-13-6-5-10(8-12(13)15(17)18)9-3-4-11(7-9)14(16)20-2/h5-6,8-9,11,17-18H,3-4,7H2,1-2H3/t9-,11-/m0/s1. The van der Waals surface area contributed by atoms with Gasteiger partial charge in [-0.15, -0.1) is 0 Å². The number of methoxy groups -OCH3 is 2. The van der Waals surface area contributed by atoms with Gasteiger partial charge in [-0.25, -0.2) is 0 Å². The van der Waals surface area contributed by atoms with E-state index in [1.54, 1.807) is 12.1 Å². The Kier molecular flexibility index (Phi) is 4.67. The predicted molar refractivity (Wildman–Crippen MR) is 74.9 cm³/mol. The van der Waals surface area contributed by atoms with Crippen molar-refractivity contribution in [1.29, 1.82) is 0 Å². The van der Waals surface area contributed by atoms with E-state index in [9.17, 15) is 14.8 Å². The summed E-state index contributed by atoms with van der Waals surface area (Å²) >= 11 is 0. The molecule has 0 aromatic heterocycles. The highest BCUT2D eigenvalue weighted by Crippen LogP contribution is 2.38. The van der Waals surface area contributed by atoms with E-state index in [2.05, 4.69) is 0 Å². The third-order valence-corrected chi connectivity index (χ3v) is 3.97. The van der Waals surface area contributed by atoms with Gasteiger partial charge in [0, 0.05) is 5.46 Å². The second-order valence-electron chi connectivity index (χ2n) is 5.11. The van der Waals surface area contributed by atoms with E-state index in [1.807, 2.05) is 6.07 Å². The Morgan fingerprint density at radius 1 is 1.30 bits per heavy atom. The second-order valence-corrected chi connectivity index (χ2v) is 5.11. The summed E-state index contributed by atoms with van der Waals surface area (Å²) < 4.78 is 9.88.